The number of aromatic nitrogens is 3. The Morgan fingerprint density at radius 3 is 2.57 bits per heavy atom. The topological polar surface area (TPSA) is 79.8 Å². The molecule has 0 fully saturated rings. The third-order valence-electron chi connectivity index (χ3n) is 4.29. The van der Waals surface area contributed by atoms with Crippen LogP contribution in [-0.2, 0) is 11.3 Å². The number of aryl methyl sites for hydroxylation is 1. The molecule has 160 valence electrons. The van der Waals surface area contributed by atoms with Crippen LogP contribution >= 0.6 is 11.6 Å². The number of halogens is 2. The number of rotatable bonds is 5. The van der Waals surface area contributed by atoms with E-state index in [1.165, 1.54) is 6.07 Å². The van der Waals surface area contributed by atoms with Crippen molar-refractivity contribution in [3.05, 3.63) is 68.8 Å². The quantitative estimate of drug-likeness (QED) is 0.617. The summed E-state index contributed by atoms with van der Waals surface area (Å²) in [7, 11) is 0. The number of H-pyrrole nitrogens is 1. The minimum atomic E-state index is -0.499. The molecule has 2 N–H and O–H groups in total. The van der Waals surface area contributed by atoms with E-state index in [0.29, 0.717) is 28.4 Å². The second-order valence-corrected chi connectivity index (χ2v) is 7.22. The standard InChI is InChI=1S/C20H20ClFN4O2.C2H6/c1-11(2)19(27)23-10-13-5-7-15(21)17(8-13)26-20(28)24-18(25-26)14-6-4-12(3)16(22)9-14;1-2/h4-9,11H,10H2,1-3H3,(H,23,27)(H,24,25,28);1-2H3. The van der Waals surface area contributed by atoms with Crippen molar-refractivity contribution in [2.24, 2.45) is 5.92 Å². The molecule has 3 rings (SSSR count). The lowest BCUT2D eigenvalue weighted by molar-refractivity contribution is -0.124. The molecule has 0 aliphatic heterocycles. The first kappa shape index (κ1) is 23.3. The number of nitrogens with one attached hydrogen (secondary N) is 2. The Labute approximate surface area is 180 Å². The van der Waals surface area contributed by atoms with Gasteiger partial charge in [0.1, 0.15) is 5.82 Å². The van der Waals surface area contributed by atoms with Crippen molar-refractivity contribution in [3.8, 4) is 17.1 Å². The van der Waals surface area contributed by atoms with Crippen molar-refractivity contribution >= 4 is 17.5 Å². The Morgan fingerprint density at radius 2 is 1.93 bits per heavy atom. The largest absolute Gasteiger partial charge is 0.352 e. The Balaban J connectivity index is 0.00000155. The summed E-state index contributed by atoms with van der Waals surface area (Å²) in [5.41, 5.74) is 1.60. The minimum Gasteiger partial charge on any atom is -0.352 e. The smallest absolute Gasteiger partial charge is 0.348 e. The maximum absolute atomic E-state index is 13.8. The Kier molecular flexibility index (Phi) is 7.94. The van der Waals surface area contributed by atoms with Crippen LogP contribution in [0.25, 0.3) is 17.1 Å². The van der Waals surface area contributed by atoms with Crippen LogP contribution in [-0.4, -0.2) is 20.7 Å². The van der Waals surface area contributed by atoms with Crippen molar-refractivity contribution < 1.29 is 9.18 Å². The summed E-state index contributed by atoms with van der Waals surface area (Å²) in [4.78, 5) is 26.8. The van der Waals surface area contributed by atoms with Gasteiger partial charge in [-0.1, -0.05) is 57.5 Å². The normalized spacial score (nSPS) is 10.5. The first-order chi connectivity index (χ1) is 14.3. The molecule has 3 aromatic rings. The van der Waals surface area contributed by atoms with Crippen molar-refractivity contribution in [3.63, 3.8) is 0 Å². The van der Waals surface area contributed by atoms with Gasteiger partial charge in [0.2, 0.25) is 5.91 Å². The molecule has 0 spiro atoms. The first-order valence-electron chi connectivity index (χ1n) is 9.78. The van der Waals surface area contributed by atoms with Crippen molar-refractivity contribution in [2.45, 2.75) is 41.2 Å². The summed E-state index contributed by atoms with van der Waals surface area (Å²) < 4.78 is 15.0. The Bertz CT molecular complexity index is 1090. The molecule has 1 aromatic heterocycles. The van der Waals surface area contributed by atoms with Gasteiger partial charge in [0.25, 0.3) is 0 Å². The van der Waals surface area contributed by atoms with Gasteiger partial charge in [0.15, 0.2) is 5.82 Å². The van der Waals surface area contributed by atoms with Gasteiger partial charge >= 0.3 is 5.69 Å². The molecule has 0 saturated carbocycles. The second-order valence-electron chi connectivity index (χ2n) is 6.81. The van der Waals surface area contributed by atoms with Gasteiger partial charge < -0.3 is 5.32 Å². The lowest BCUT2D eigenvalue weighted by Gasteiger charge is -2.10. The third kappa shape index (κ3) is 5.36. The summed E-state index contributed by atoms with van der Waals surface area (Å²) in [6, 6.07) is 9.70. The minimum absolute atomic E-state index is 0.0721. The lowest BCUT2D eigenvalue weighted by Crippen LogP contribution is -2.27. The van der Waals surface area contributed by atoms with E-state index < -0.39 is 5.69 Å². The number of hydrogen-bond donors (Lipinski definition) is 2. The van der Waals surface area contributed by atoms with Crippen LogP contribution in [0.1, 0.15) is 38.8 Å². The van der Waals surface area contributed by atoms with Crippen LogP contribution in [0.3, 0.4) is 0 Å². The molecule has 0 aliphatic carbocycles. The van der Waals surface area contributed by atoms with E-state index in [1.54, 1.807) is 51.1 Å². The van der Waals surface area contributed by atoms with Crippen molar-refractivity contribution in [1.82, 2.24) is 20.1 Å². The third-order valence-corrected chi connectivity index (χ3v) is 4.61. The molecule has 0 atom stereocenters. The van der Waals surface area contributed by atoms with Crippen LogP contribution in [0.5, 0.6) is 0 Å². The zero-order chi connectivity index (χ0) is 22.4. The van der Waals surface area contributed by atoms with Gasteiger partial charge in [-0.05, 0) is 36.2 Å². The average Bonchev–Trinajstić information content (AvgIpc) is 3.12. The van der Waals surface area contributed by atoms with E-state index in [2.05, 4.69) is 15.4 Å². The number of carbonyl (C=O) groups is 1. The molecular weight excluding hydrogens is 407 g/mol. The molecule has 0 unspecified atom stereocenters. The average molecular weight is 433 g/mol. The summed E-state index contributed by atoms with van der Waals surface area (Å²) in [5.74, 6) is -0.345. The Hall–Kier alpha value is -2.93. The first-order valence-corrected chi connectivity index (χ1v) is 10.2. The molecule has 0 bridgehead atoms. The molecule has 0 aliphatic rings. The fraction of sp³-hybridized carbons (Fsp3) is 0.318. The van der Waals surface area contributed by atoms with E-state index in [9.17, 15) is 14.0 Å². The van der Waals surface area contributed by atoms with E-state index >= 15 is 0 Å². The number of aromatic amines is 1. The zero-order valence-corrected chi connectivity index (χ0v) is 18.5. The Morgan fingerprint density at radius 1 is 1.23 bits per heavy atom. The van der Waals surface area contributed by atoms with E-state index in [1.807, 2.05) is 13.8 Å². The molecule has 8 heteroatoms. The number of benzene rings is 2. The zero-order valence-electron chi connectivity index (χ0n) is 17.7. The molecule has 0 radical (unpaired) electrons. The molecule has 6 nitrogen and oxygen atoms in total. The van der Waals surface area contributed by atoms with Crippen LogP contribution in [0.2, 0.25) is 5.02 Å². The summed E-state index contributed by atoms with van der Waals surface area (Å²) in [6.07, 6.45) is 0. The SMILES string of the molecule is CC.Cc1ccc(-c2nn(-c3cc(CNC(=O)C(C)C)ccc3Cl)c(=O)[nH]2)cc1F. The number of nitrogens with zero attached hydrogens (tertiary/aromatic N) is 2. The highest BCUT2D eigenvalue weighted by molar-refractivity contribution is 6.32. The van der Waals surface area contributed by atoms with Gasteiger partial charge in [-0.15, -0.1) is 5.10 Å². The van der Waals surface area contributed by atoms with Crippen LogP contribution < -0.4 is 11.0 Å². The number of hydrogen-bond acceptors (Lipinski definition) is 3. The second kappa shape index (κ2) is 10.2. The molecule has 30 heavy (non-hydrogen) atoms. The van der Waals surface area contributed by atoms with E-state index in [-0.39, 0.29) is 23.5 Å². The summed E-state index contributed by atoms with van der Waals surface area (Å²) in [5, 5.41) is 7.40. The molecule has 2 aromatic carbocycles. The number of amides is 1. The molecular formula is C22H26ClFN4O2. The highest BCUT2D eigenvalue weighted by atomic mass is 35.5. The van der Waals surface area contributed by atoms with Gasteiger partial charge in [-0.2, -0.15) is 4.68 Å². The van der Waals surface area contributed by atoms with E-state index in [0.717, 1.165) is 10.2 Å². The molecule has 0 saturated heterocycles. The predicted molar refractivity (Wildman–Crippen MR) is 117 cm³/mol. The van der Waals surface area contributed by atoms with Gasteiger partial charge in [-0.25, -0.2) is 9.18 Å². The van der Waals surface area contributed by atoms with Gasteiger partial charge in [0.05, 0.1) is 10.7 Å². The van der Waals surface area contributed by atoms with Gasteiger partial charge in [-0.3, -0.25) is 9.78 Å². The molecule has 1 heterocycles. The monoisotopic (exact) mass is 432 g/mol. The fourth-order valence-corrected chi connectivity index (χ4v) is 2.78. The summed E-state index contributed by atoms with van der Waals surface area (Å²) >= 11 is 6.26. The summed E-state index contributed by atoms with van der Waals surface area (Å²) in [6.45, 7) is 9.57. The molecule has 1 amide bonds. The van der Waals surface area contributed by atoms with Crippen LogP contribution in [0.4, 0.5) is 4.39 Å². The number of carbonyl (C=O) groups excluding carboxylic acids is 1. The maximum atomic E-state index is 13.8. The van der Waals surface area contributed by atoms with Crippen molar-refractivity contribution in [1.29, 1.82) is 0 Å². The highest BCUT2D eigenvalue weighted by Crippen LogP contribution is 2.22. The maximum Gasteiger partial charge on any atom is 0.348 e. The van der Waals surface area contributed by atoms with Crippen LogP contribution in [0.15, 0.2) is 41.2 Å². The van der Waals surface area contributed by atoms with Crippen molar-refractivity contribution in [2.75, 3.05) is 0 Å². The lowest BCUT2D eigenvalue weighted by atomic mass is 10.1. The van der Waals surface area contributed by atoms with E-state index in [4.69, 9.17) is 11.6 Å². The highest BCUT2D eigenvalue weighted by Gasteiger charge is 2.14. The van der Waals surface area contributed by atoms with Crippen LogP contribution in [0, 0.1) is 18.7 Å². The fourth-order valence-electron chi connectivity index (χ4n) is 2.58. The van der Waals surface area contributed by atoms with Gasteiger partial charge in [0, 0.05) is 18.0 Å². The predicted octanol–water partition coefficient (Wildman–Crippen LogP) is 4.63.